The Balaban J connectivity index is 1.85. The first-order valence-electron chi connectivity index (χ1n) is 6.97. The number of pyridine rings is 1. The Morgan fingerprint density at radius 3 is 2.96 bits per heavy atom. The van der Waals surface area contributed by atoms with Crippen LogP contribution >= 0.6 is 0 Å². The molecule has 7 heteroatoms. The Bertz CT molecular complexity index is 788. The first-order valence-corrected chi connectivity index (χ1v) is 6.97. The van der Waals surface area contributed by atoms with Gasteiger partial charge in [-0.15, -0.1) is 0 Å². The highest BCUT2D eigenvalue weighted by atomic mass is 16.6. The van der Waals surface area contributed by atoms with Crippen LogP contribution in [0, 0.1) is 10.1 Å². The molecule has 1 aliphatic heterocycles. The lowest BCUT2D eigenvalue weighted by Crippen LogP contribution is -2.37. The van der Waals surface area contributed by atoms with E-state index in [0.29, 0.717) is 30.3 Å². The van der Waals surface area contributed by atoms with Gasteiger partial charge in [0.25, 0.3) is 11.6 Å². The van der Waals surface area contributed by atoms with Crippen molar-refractivity contribution in [1.29, 1.82) is 0 Å². The fraction of sp³-hybridized carbons (Fsp3) is 0.125. The molecule has 3 rings (SSSR count). The number of amides is 1. The third-order valence-corrected chi connectivity index (χ3v) is 3.40. The Morgan fingerprint density at radius 2 is 2.13 bits per heavy atom. The van der Waals surface area contributed by atoms with E-state index in [2.05, 4.69) is 4.98 Å². The van der Waals surface area contributed by atoms with Gasteiger partial charge in [0.15, 0.2) is 0 Å². The molecule has 0 bridgehead atoms. The summed E-state index contributed by atoms with van der Waals surface area (Å²) in [7, 11) is 0. The van der Waals surface area contributed by atoms with E-state index in [1.165, 1.54) is 23.1 Å². The number of fused-ring (bicyclic) bond motifs is 1. The van der Waals surface area contributed by atoms with Crippen LogP contribution in [0.25, 0.3) is 6.08 Å². The molecule has 0 atom stereocenters. The van der Waals surface area contributed by atoms with Crippen LogP contribution in [0.1, 0.15) is 5.56 Å². The molecule has 0 unspecified atom stereocenters. The molecule has 2 heterocycles. The molecule has 1 aromatic carbocycles. The first-order chi connectivity index (χ1) is 11.2. The number of nitro groups is 1. The van der Waals surface area contributed by atoms with Gasteiger partial charge in [-0.05, 0) is 24.3 Å². The van der Waals surface area contributed by atoms with Gasteiger partial charge in [0.1, 0.15) is 12.3 Å². The van der Waals surface area contributed by atoms with Crippen molar-refractivity contribution in [2.75, 3.05) is 18.1 Å². The van der Waals surface area contributed by atoms with Gasteiger partial charge in [-0.1, -0.05) is 12.1 Å². The molecular weight excluding hydrogens is 298 g/mol. The van der Waals surface area contributed by atoms with E-state index in [0.717, 1.165) is 0 Å². The van der Waals surface area contributed by atoms with E-state index < -0.39 is 4.92 Å². The van der Waals surface area contributed by atoms with Gasteiger partial charge in [0, 0.05) is 18.3 Å². The van der Waals surface area contributed by atoms with Crippen molar-refractivity contribution in [3.05, 3.63) is 64.3 Å². The Morgan fingerprint density at radius 1 is 1.30 bits per heavy atom. The van der Waals surface area contributed by atoms with Crippen molar-refractivity contribution in [2.45, 2.75) is 0 Å². The minimum atomic E-state index is -0.474. The van der Waals surface area contributed by atoms with Crippen molar-refractivity contribution in [1.82, 2.24) is 4.98 Å². The highest BCUT2D eigenvalue weighted by Gasteiger charge is 2.22. The number of hydrogen-bond acceptors (Lipinski definition) is 5. The lowest BCUT2D eigenvalue weighted by atomic mass is 10.1. The highest BCUT2D eigenvalue weighted by Crippen LogP contribution is 2.29. The van der Waals surface area contributed by atoms with Crippen LogP contribution in [0.3, 0.4) is 0 Å². The molecule has 116 valence electrons. The van der Waals surface area contributed by atoms with Crippen LogP contribution in [-0.2, 0) is 4.79 Å². The van der Waals surface area contributed by atoms with Crippen LogP contribution in [0.2, 0.25) is 0 Å². The van der Waals surface area contributed by atoms with Gasteiger partial charge in [-0.3, -0.25) is 14.9 Å². The zero-order chi connectivity index (χ0) is 16.2. The van der Waals surface area contributed by atoms with Crippen molar-refractivity contribution >= 4 is 23.4 Å². The van der Waals surface area contributed by atoms with Crippen LogP contribution < -0.4 is 9.64 Å². The Labute approximate surface area is 132 Å². The quantitative estimate of drug-likeness (QED) is 0.493. The number of hydrogen-bond donors (Lipinski definition) is 0. The van der Waals surface area contributed by atoms with Crippen molar-refractivity contribution in [3.63, 3.8) is 0 Å². The number of aromatic nitrogens is 1. The van der Waals surface area contributed by atoms with E-state index in [4.69, 9.17) is 4.74 Å². The predicted octanol–water partition coefficient (Wildman–Crippen LogP) is 2.43. The molecule has 0 N–H and O–H groups in total. The molecule has 1 aromatic heterocycles. The molecule has 0 fully saturated rings. The van der Waals surface area contributed by atoms with Crippen molar-refractivity contribution < 1.29 is 14.5 Å². The highest BCUT2D eigenvalue weighted by molar-refractivity contribution is 6.05. The van der Waals surface area contributed by atoms with E-state index >= 15 is 0 Å². The third-order valence-electron chi connectivity index (χ3n) is 3.40. The van der Waals surface area contributed by atoms with Gasteiger partial charge >= 0.3 is 0 Å². The van der Waals surface area contributed by atoms with Gasteiger partial charge in [0.2, 0.25) is 5.88 Å². The topological polar surface area (TPSA) is 85.6 Å². The number of carbonyl (C=O) groups excluding carboxylic acids is 1. The smallest absolute Gasteiger partial charge is 0.276 e. The summed E-state index contributed by atoms with van der Waals surface area (Å²) >= 11 is 0. The summed E-state index contributed by atoms with van der Waals surface area (Å²) in [4.78, 5) is 28.5. The lowest BCUT2D eigenvalue weighted by molar-refractivity contribution is -0.385. The average Bonchev–Trinajstić information content (AvgIpc) is 2.59. The Kier molecular flexibility index (Phi) is 4.01. The molecule has 7 nitrogen and oxygen atoms in total. The number of rotatable bonds is 3. The summed E-state index contributed by atoms with van der Waals surface area (Å²) in [5.74, 6) is 0.131. The molecule has 2 aromatic rings. The molecule has 1 amide bonds. The molecule has 0 aliphatic carbocycles. The number of benzene rings is 1. The fourth-order valence-corrected chi connectivity index (χ4v) is 2.33. The maximum Gasteiger partial charge on any atom is 0.276 e. The maximum atomic E-state index is 12.4. The zero-order valence-electron chi connectivity index (χ0n) is 12.1. The summed E-state index contributed by atoms with van der Waals surface area (Å²) in [5, 5.41) is 11.0. The Hall–Kier alpha value is -3.22. The van der Waals surface area contributed by atoms with Gasteiger partial charge in [-0.25, -0.2) is 4.98 Å². The number of para-hydroxylation sites is 1. The molecule has 1 aliphatic rings. The number of nitro benzene ring substituents is 1. The molecule has 0 saturated carbocycles. The second-order valence-corrected chi connectivity index (χ2v) is 4.82. The monoisotopic (exact) mass is 311 g/mol. The summed E-state index contributed by atoms with van der Waals surface area (Å²) in [6, 6.07) is 9.73. The average molecular weight is 311 g/mol. The fourth-order valence-electron chi connectivity index (χ4n) is 2.33. The lowest BCUT2D eigenvalue weighted by Gasteiger charge is -2.27. The van der Waals surface area contributed by atoms with E-state index in [9.17, 15) is 14.9 Å². The second kappa shape index (κ2) is 6.27. The van der Waals surface area contributed by atoms with Crippen LogP contribution in [0.5, 0.6) is 5.88 Å². The van der Waals surface area contributed by atoms with Crippen molar-refractivity contribution in [3.8, 4) is 5.88 Å². The zero-order valence-corrected chi connectivity index (χ0v) is 12.1. The van der Waals surface area contributed by atoms with Crippen LogP contribution in [0.15, 0.2) is 48.7 Å². The van der Waals surface area contributed by atoms with E-state index in [1.807, 2.05) is 0 Å². The van der Waals surface area contributed by atoms with Gasteiger partial charge in [0.05, 0.1) is 17.0 Å². The molecule has 0 radical (unpaired) electrons. The SMILES string of the molecule is O=C(/C=C/c1ccccc1[N+](=O)[O-])N1CCOc2ncccc21. The van der Waals surface area contributed by atoms with Gasteiger partial charge in [-0.2, -0.15) is 0 Å². The summed E-state index contributed by atoms with van der Waals surface area (Å²) in [5.41, 5.74) is 0.932. The summed E-state index contributed by atoms with van der Waals surface area (Å²) in [6.07, 6.45) is 4.37. The second-order valence-electron chi connectivity index (χ2n) is 4.82. The molecule has 23 heavy (non-hydrogen) atoms. The largest absolute Gasteiger partial charge is 0.474 e. The number of anilines is 1. The first kappa shape index (κ1) is 14.7. The third kappa shape index (κ3) is 3.03. The van der Waals surface area contributed by atoms with Crippen LogP contribution in [-0.4, -0.2) is 29.0 Å². The molecular formula is C16H13N3O4. The summed E-state index contributed by atoms with van der Waals surface area (Å²) in [6.45, 7) is 0.758. The molecule has 0 spiro atoms. The number of nitrogens with zero attached hydrogens (tertiary/aromatic N) is 3. The number of carbonyl (C=O) groups is 1. The summed E-state index contributed by atoms with van der Waals surface area (Å²) < 4.78 is 5.40. The van der Waals surface area contributed by atoms with Crippen LogP contribution in [0.4, 0.5) is 11.4 Å². The maximum absolute atomic E-state index is 12.4. The van der Waals surface area contributed by atoms with E-state index in [1.54, 1.807) is 36.5 Å². The normalized spacial score (nSPS) is 13.5. The van der Waals surface area contributed by atoms with Crippen molar-refractivity contribution in [2.24, 2.45) is 0 Å². The van der Waals surface area contributed by atoms with E-state index in [-0.39, 0.29) is 11.6 Å². The minimum Gasteiger partial charge on any atom is -0.474 e. The van der Waals surface area contributed by atoms with Gasteiger partial charge < -0.3 is 9.64 Å². The molecule has 0 saturated heterocycles. The standard InChI is InChI=1S/C16H13N3O4/c20-15(8-7-12-4-1-2-5-13(12)19(21)22)18-10-11-23-16-14(18)6-3-9-17-16/h1-9H,10-11H2/b8-7+. The number of ether oxygens (including phenoxy) is 1. The predicted molar refractivity (Wildman–Crippen MR) is 84.2 cm³/mol. The minimum absolute atomic E-state index is 0.0411.